The number of aryl methyl sites for hydroxylation is 1. The van der Waals surface area contributed by atoms with E-state index in [0.29, 0.717) is 11.3 Å². The molecular formula is C28H21N3O9S2. The summed E-state index contributed by atoms with van der Waals surface area (Å²) in [6.45, 7) is 1.84. The number of anilines is 1. The first-order valence-corrected chi connectivity index (χ1v) is 14.4. The van der Waals surface area contributed by atoms with Crippen LogP contribution < -0.4 is 9.64 Å². The number of aromatic nitrogens is 1. The third-order valence-corrected chi connectivity index (χ3v) is 9.82. The van der Waals surface area contributed by atoms with Crippen LogP contribution in [0.25, 0.3) is 5.76 Å². The number of ketones is 1. The second-order valence-electron chi connectivity index (χ2n) is 9.18. The zero-order chi connectivity index (χ0) is 30.3. The summed E-state index contributed by atoms with van der Waals surface area (Å²) < 4.78 is 31.5. The lowest BCUT2D eigenvalue weighted by atomic mass is 9.95. The summed E-state index contributed by atoms with van der Waals surface area (Å²) >= 11 is 0.606. The van der Waals surface area contributed by atoms with Gasteiger partial charge in [-0.3, -0.25) is 24.6 Å². The zero-order valence-electron chi connectivity index (χ0n) is 21.9. The Kier molecular flexibility index (Phi) is 7.26. The summed E-state index contributed by atoms with van der Waals surface area (Å²) in [6.07, 6.45) is 1.02. The van der Waals surface area contributed by atoms with Crippen LogP contribution in [0.3, 0.4) is 0 Å². The van der Waals surface area contributed by atoms with Gasteiger partial charge in [-0.2, -0.15) is 0 Å². The number of hydrogen-bond acceptors (Lipinski definition) is 11. The summed E-state index contributed by atoms with van der Waals surface area (Å²) in [5.41, 5.74) is 0.880. The van der Waals surface area contributed by atoms with Gasteiger partial charge in [-0.1, -0.05) is 47.2 Å². The van der Waals surface area contributed by atoms with Crippen molar-refractivity contribution in [3.8, 4) is 11.5 Å². The summed E-state index contributed by atoms with van der Waals surface area (Å²) in [7, 11) is -2.88. The average Bonchev–Trinajstić information content (AvgIpc) is 3.57. The molecular weight excluding hydrogens is 586 g/mol. The van der Waals surface area contributed by atoms with Gasteiger partial charge in [0.25, 0.3) is 11.5 Å². The lowest BCUT2D eigenvalue weighted by molar-refractivity contribution is -0.384. The number of non-ortho nitro benzene ring substituents is 1. The van der Waals surface area contributed by atoms with E-state index in [0.717, 1.165) is 40.9 Å². The number of methoxy groups -OCH3 is 1. The second kappa shape index (κ2) is 10.7. The number of phenols is 1. The largest absolute Gasteiger partial charge is 0.507 e. The number of aromatic hydroxyl groups is 1. The van der Waals surface area contributed by atoms with Gasteiger partial charge in [0.2, 0.25) is 9.84 Å². The number of hydrogen-bond donors (Lipinski definition) is 2. The van der Waals surface area contributed by atoms with Crippen molar-refractivity contribution in [2.24, 2.45) is 0 Å². The normalized spacial score (nSPS) is 16.5. The number of sulfone groups is 1. The van der Waals surface area contributed by atoms with E-state index in [-0.39, 0.29) is 48.1 Å². The van der Waals surface area contributed by atoms with E-state index in [9.17, 15) is 38.3 Å². The molecule has 2 N–H and O–H groups in total. The SMILES string of the molecule is COc1cc([C@@H]2C(=C(O)c3ccc(C)cc3)C(=O)C(=O)N2c2ncc(S(=O)(=O)c3ccc([N+](=O)[O-])cc3)s2)ccc1O. The number of rotatable bonds is 7. The summed E-state index contributed by atoms with van der Waals surface area (Å²) in [5.74, 6) is -2.71. The molecule has 42 heavy (non-hydrogen) atoms. The summed E-state index contributed by atoms with van der Waals surface area (Å²) in [4.78, 5) is 42.0. The Bertz CT molecular complexity index is 1880. The van der Waals surface area contributed by atoms with Crippen molar-refractivity contribution in [2.45, 2.75) is 22.1 Å². The molecule has 1 saturated heterocycles. The minimum Gasteiger partial charge on any atom is -0.507 e. The maximum Gasteiger partial charge on any atom is 0.301 e. The van der Waals surface area contributed by atoms with Gasteiger partial charge in [0.15, 0.2) is 16.6 Å². The van der Waals surface area contributed by atoms with Crippen molar-refractivity contribution in [1.82, 2.24) is 4.98 Å². The van der Waals surface area contributed by atoms with Crippen molar-refractivity contribution in [1.29, 1.82) is 0 Å². The molecule has 1 aliphatic rings. The van der Waals surface area contributed by atoms with Crippen molar-refractivity contribution in [2.75, 3.05) is 12.0 Å². The van der Waals surface area contributed by atoms with Crippen LogP contribution in [-0.2, 0) is 19.4 Å². The summed E-state index contributed by atoms with van der Waals surface area (Å²) in [6, 6.07) is 13.8. The van der Waals surface area contributed by atoms with E-state index in [1.165, 1.54) is 25.3 Å². The van der Waals surface area contributed by atoms with Crippen LogP contribution in [0.4, 0.5) is 10.8 Å². The van der Waals surface area contributed by atoms with E-state index in [2.05, 4.69) is 4.98 Å². The van der Waals surface area contributed by atoms with Crippen molar-refractivity contribution >= 4 is 49.4 Å². The fourth-order valence-electron chi connectivity index (χ4n) is 4.43. The molecule has 2 heterocycles. The molecule has 0 bridgehead atoms. The molecule has 1 aliphatic heterocycles. The number of nitrogens with zero attached hydrogens (tertiary/aromatic N) is 3. The van der Waals surface area contributed by atoms with Gasteiger partial charge in [0.1, 0.15) is 9.97 Å². The Balaban J connectivity index is 1.65. The second-order valence-corrected chi connectivity index (χ2v) is 12.4. The number of carbonyl (C=O) groups excluding carboxylic acids is 2. The standard InChI is InChI=1S/C28H21N3O9S2/c1-15-3-5-16(6-4-15)25(33)23-24(17-7-12-20(32)21(13-17)40-2)30(27(35)26(23)34)28-29-14-22(41-28)42(38,39)19-10-8-18(9-11-19)31(36)37/h3-14,24,32-33H,1-2H3/t24-/m1/s1. The van der Waals surface area contributed by atoms with Gasteiger partial charge in [-0.05, 0) is 36.8 Å². The molecule has 0 saturated carbocycles. The highest BCUT2D eigenvalue weighted by Gasteiger charge is 2.48. The number of amides is 1. The average molecular weight is 608 g/mol. The predicted molar refractivity (Wildman–Crippen MR) is 151 cm³/mol. The fourth-order valence-corrected chi connectivity index (χ4v) is 6.97. The number of aliphatic hydroxyl groups excluding tert-OH is 1. The number of aliphatic hydroxyl groups is 1. The molecule has 5 rings (SSSR count). The highest BCUT2D eigenvalue weighted by atomic mass is 32.2. The number of carbonyl (C=O) groups is 2. The van der Waals surface area contributed by atoms with E-state index in [4.69, 9.17) is 4.74 Å². The zero-order valence-corrected chi connectivity index (χ0v) is 23.5. The van der Waals surface area contributed by atoms with Crippen molar-refractivity contribution in [3.63, 3.8) is 0 Å². The van der Waals surface area contributed by atoms with Crippen LogP contribution in [0.1, 0.15) is 22.7 Å². The Morgan fingerprint density at radius 1 is 1.07 bits per heavy atom. The van der Waals surface area contributed by atoms with Crippen molar-refractivity contribution in [3.05, 3.63) is 105 Å². The van der Waals surface area contributed by atoms with Gasteiger partial charge in [0.05, 0.1) is 34.7 Å². The molecule has 1 aromatic heterocycles. The molecule has 0 radical (unpaired) electrons. The molecule has 0 unspecified atom stereocenters. The molecule has 4 aromatic rings. The van der Waals surface area contributed by atoms with Crippen LogP contribution >= 0.6 is 11.3 Å². The number of ether oxygens (including phenoxy) is 1. The molecule has 1 fully saturated rings. The van der Waals surface area contributed by atoms with Crippen LogP contribution in [0.5, 0.6) is 11.5 Å². The molecule has 14 heteroatoms. The maximum absolute atomic E-state index is 13.4. The fraction of sp³-hybridized carbons (Fsp3) is 0.107. The highest BCUT2D eigenvalue weighted by molar-refractivity contribution is 7.93. The van der Waals surface area contributed by atoms with Gasteiger partial charge < -0.3 is 14.9 Å². The molecule has 12 nitrogen and oxygen atoms in total. The third kappa shape index (κ3) is 4.86. The first kappa shape index (κ1) is 28.4. The molecule has 0 spiro atoms. The molecule has 0 aliphatic carbocycles. The Hall–Kier alpha value is -5.08. The number of nitro benzene ring substituents is 1. The number of nitro groups is 1. The van der Waals surface area contributed by atoms with E-state index in [1.807, 2.05) is 6.92 Å². The highest BCUT2D eigenvalue weighted by Crippen LogP contribution is 2.45. The van der Waals surface area contributed by atoms with Crippen LogP contribution in [-0.4, -0.2) is 47.3 Å². The van der Waals surface area contributed by atoms with Gasteiger partial charge in [-0.15, -0.1) is 0 Å². The van der Waals surface area contributed by atoms with Crippen LogP contribution in [0, 0.1) is 17.0 Å². The maximum atomic E-state index is 13.4. The summed E-state index contributed by atoms with van der Waals surface area (Å²) in [5, 5.41) is 32.2. The molecule has 1 atom stereocenters. The van der Waals surface area contributed by atoms with Gasteiger partial charge in [0, 0.05) is 17.7 Å². The van der Waals surface area contributed by atoms with Gasteiger partial charge >= 0.3 is 5.91 Å². The Labute approximate surface area is 242 Å². The minimum absolute atomic E-state index is 0.0361. The van der Waals surface area contributed by atoms with E-state index in [1.54, 1.807) is 24.3 Å². The minimum atomic E-state index is -4.20. The predicted octanol–water partition coefficient (Wildman–Crippen LogP) is 4.53. The van der Waals surface area contributed by atoms with E-state index < -0.39 is 38.3 Å². The topological polar surface area (TPSA) is 177 Å². The number of phenolic OH excluding ortho intramolecular Hbond substituents is 1. The Morgan fingerprint density at radius 2 is 1.74 bits per heavy atom. The molecule has 1 amide bonds. The lowest BCUT2D eigenvalue weighted by Gasteiger charge is -2.23. The van der Waals surface area contributed by atoms with Crippen LogP contribution in [0.15, 0.2) is 87.6 Å². The molecule has 3 aromatic carbocycles. The quantitative estimate of drug-likeness (QED) is 0.0997. The molecule has 214 valence electrons. The lowest BCUT2D eigenvalue weighted by Crippen LogP contribution is -2.29. The first-order valence-electron chi connectivity index (χ1n) is 12.1. The number of Topliss-reactive ketones (excluding diaryl/α,β-unsaturated/α-hetero) is 1. The van der Waals surface area contributed by atoms with Crippen molar-refractivity contribution < 1.29 is 37.9 Å². The number of thiazole rings is 1. The van der Waals surface area contributed by atoms with Crippen LogP contribution in [0.2, 0.25) is 0 Å². The first-order chi connectivity index (χ1) is 19.9. The monoisotopic (exact) mass is 607 g/mol. The number of benzene rings is 3. The van der Waals surface area contributed by atoms with E-state index >= 15 is 0 Å². The van der Waals surface area contributed by atoms with Gasteiger partial charge in [-0.25, -0.2) is 13.4 Å². The third-order valence-electron chi connectivity index (χ3n) is 6.59. The Morgan fingerprint density at radius 3 is 2.36 bits per heavy atom. The smallest absolute Gasteiger partial charge is 0.301 e.